The van der Waals surface area contributed by atoms with E-state index in [2.05, 4.69) is 15.9 Å². The predicted octanol–water partition coefficient (Wildman–Crippen LogP) is 4.01. The molecule has 88 valence electrons. The van der Waals surface area contributed by atoms with Crippen LogP contribution in [0.4, 0.5) is 4.39 Å². The minimum atomic E-state index is -0.449. The van der Waals surface area contributed by atoms with Crippen LogP contribution >= 0.6 is 27.3 Å². The van der Waals surface area contributed by atoms with Crippen LogP contribution in [0.1, 0.15) is 15.2 Å². The molecule has 2 nitrogen and oxygen atoms in total. The number of carbonyl (C=O) groups excluding carboxylic acids is 1. The standard InChI is InChI=1S/C12H8BrFO2S/c13-9-5-6-17-11(9)12(15)16-7-8-3-1-2-4-10(8)14/h1-6H,7H2. The van der Waals surface area contributed by atoms with E-state index < -0.39 is 5.97 Å². The molecule has 2 aromatic rings. The fourth-order valence-corrected chi connectivity index (χ4v) is 2.69. The molecule has 0 saturated heterocycles. The van der Waals surface area contributed by atoms with Crippen LogP contribution in [-0.4, -0.2) is 5.97 Å². The van der Waals surface area contributed by atoms with Gasteiger partial charge in [-0.1, -0.05) is 18.2 Å². The third-order valence-corrected chi connectivity index (χ3v) is 3.94. The van der Waals surface area contributed by atoms with E-state index in [4.69, 9.17) is 4.74 Å². The van der Waals surface area contributed by atoms with Gasteiger partial charge in [-0.3, -0.25) is 0 Å². The average Bonchev–Trinajstić information content (AvgIpc) is 2.74. The van der Waals surface area contributed by atoms with Crippen LogP contribution in [0, 0.1) is 5.82 Å². The van der Waals surface area contributed by atoms with Gasteiger partial charge in [0.2, 0.25) is 0 Å². The van der Waals surface area contributed by atoms with Gasteiger partial charge in [-0.05, 0) is 33.4 Å². The summed E-state index contributed by atoms with van der Waals surface area (Å²) in [6, 6.07) is 7.99. The summed E-state index contributed by atoms with van der Waals surface area (Å²) in [6.45, 7) is -0.0597. The number of rotatable bonds is 3. The number of carbonyl (C=O) groups is 1. The molecule has 0 saturated carbocycles. The molecule has 0 radical (unpaired) electrons. The van der Waals surface area contributed by atoms with Crippen molar-refractivity contribution in [3.63, 3.8) is 0 Å². The Balaban J connectivity index is 2.02. The maximum Gasteiger partial charge on any atom is 0.349 e. The van der Waals surface area contributed by atoms with Crippen molar-refractivity contribution in [2.45, 2.75) is 6.61 Å². The molecule has 0 aliphatic carbocycles. The Labute approximate surface area is 110 Å². The molecule has 1 heterocycles. The maximum absolute atomic E-state index is 13.3. The SMILES string of the molecule is O=C(OCc1ccccc1F)c1sccc1Br. The topological polar surface area (TPSA) is 26.3 Å². The zero-order chi connectivity index (χ0) is 12.3. The molecular formula is C12H8BrFO2S. The normalized spacial score (nSPS) is 10.2. The third kappa shape index (κ3) is 2.92. The van der Waals surface area contributed by atoms with Crippen molar-refractivity contribution in [2.75, 3.05) is 0 Å². The minimum absolute atomic E-state index is 0.0597. The van der Waals surface area contributed by atoms with E-state index in [1.54, 1.807) is 29.6 Å². The lowest BCUT2D eigenvalue weighted by atomic mass is 10.2. The zero-order valence-corrected chi connectivity index (χ0v) is 11.1. The van der Waals surface area contributed by atoms with Crippen LogP contribution in [0.25, 0.3) is 0 Å². The number of ether oxygens (including phenoxy) is 1. The number of hydrogen-bond acceptors (Lipinski definition) is 3. The molecule has 2 rings (SSSR count). The van der Waals surface area contributed by atoms with E-state index in [1.807, 2.05) is 0 Å². The van der Waals surface area contributed by atoms with E-state index in [0.717, 1.165) is 0 Å². The average molecular weight is 315 g/mol. The van der Waals surface area contributed by atoms with Gasteiger partial charge in [-0.2, -0.15) is 0 Å². The van der Waals surface area contributed by atoms with E-state index in [0.29, 0.717) is 14.9 Å². The Hall–Kier alpha value is -1.20. The zero-order valence-electron chi connectivity index (χ0n) is 8.65. The Kier molecular flexibility index (Phi) is 3.91. The summed E-state index contributed by atoms with van der Waals surface area (Å²) < 4.78 is 19.0. The summed E-state index contributed by atoms with van der Waals surface area (Å²) in [5.41, 5.74) is 0.369. The molecule has 0 N–H and O–H groups in total. The van der Waals surface area contributed by atoms with E-state index in [1.165, 1.54) is 17.4 Å². The smallest absolute Gasteiger partial charge is 0.349 e. The van der Waals surface area contributed by atoms with Crippen molar-refractivity contribution in [3.05, 3.63) is 56.4 Å². The van der Waals surface area contributed by atoms with Crippen LogP contribution in [0.5, 0.6) is 0 Å². The molecule has 0 fully saturated rings. The molecule has 0 unspecified atom stereocenters. The first-order valence-corrected chi connectivity index (χ1v) is 6.49. The van der Waals surface area contributed by atoms with Gasteiger partial charge in [-0.15, -0.1) is 11.3 Å². The highest BCUT2D eigenvalue weighted by Crippen LogP contribution is 2.23. The molecule has 0 amide bonds. The molecule has 0 aliphatic heterocycles. The van der Waals surface area contributed by atoms with Crippen molar-refractivity contribution in [1.29, 1.82) is 0 Å². The molecule has 0 aliphatic rings. The van der Waals surface area contributed by atoms with E-state index in [9.17, 15) is 9.18 Å². The number of esters is 1. The van der Waals surface area contributed by atoms with Crippen LogP contribution < -0.4 is 0 Å². The second kappa shape index (κ2) is 5.42. The summed E-state index contributed by atoms with van der Waals surface area (Å²) in [5.74, 6) is -0.819. The first-order valence-electron chi connectivity index (χ1n) is 4.82. The Morgan fingerprint density at radius 2 is 2.12 bits per heavy atom. The lowest BCUT2D eigenvalue weighted by Crippen LogP contribution is -2.04. The van der Waals surface area contributed by atoms with Gasteiger partial charge in [0.15, 0.2) is 0 Å². The fourth-order valence-electron chi connectivity index (χ4n) is 1.26. The third-order valence-electron chi connectivity index (χ3n) is 2.12. The second-order valence-electron chi connectivity index (χ2n) is 3.27. The first-order chi connectivity index (χ1) is 8.18. The molecule has 17 heavy (non-hydrogen) atoms. The first kappa shape index (κ1) is 12.3. The van der Waals surface area contributed by atoms with Crippen LogP contribution in [0.15, 0.2) is 40.2 Å². The minimum Gasteiger partial charge on any atom is -0.456 e. The molecule has 0 atom stereocenters. The highest BCUT2D eigenvalue weighted by molar-refractivity contribution is 9.10. The lowest BCUT2D eigenvalue weighted by Gasteiger charge is -2.04. The second-order valence-corrected chi connectivity index (χ2v) is 5.04. The summed E-state index contributed by atoms with van der Waals surface area (Å²) in [7, 11) is 0. The van der Waals surface area contributed by atoms with Gasteiger partial charge < -0.3 is 4.74 Å². The summed E-state index contributed by atoms with van der Waals surface area (Å²) in [4.78, 5) is 12.1. The molecule has 0 bridgehead atoms. The van der Waals surface area contributed by atoms with Crippen molar-refractivity contribution in [1.82, 2.24) is 0 Å². The van der Waals surface area contributed by atoms with Crippen LogP contribution in [0.3, 0.4) is 0 Å². The van der Waals surface area contributed by atoms with Gasteiger partial charge in [0.05, 0.1) is 0 Å². The summed E-state index contributed by atoms with van der Waals surface area (Å²) in [6.07, 6.45) is 0. The van der Waals surface area contributed by atoms with Gasteiger partial charge in [-0.25, -0.2) is 9.18 Å². The van der Waals surface area contributed by atoms with Crippen molar-refractivity contribution in [2.24, 2.45) is 0 Å². The van der Waals surface area contributed by atoms with Crippen molar-refractivity contribution < 1.29 is 13.9 Å². The molecule has 1 aromatic heterocycles. The Morgan fingerprint density at radius 1 is 1.35 bits per heavy atom. The summed E-state index contributed by atoms with van der Waals surface area (Å²) in [5, 5.41) is 1.78. The number of benzene rings is 1. The highest BCUT2D eigenvalue weighted by Gasteiger charge is 2.13. The van der Waals surface area contributed by atoms with E-state index >= 15 is 0 Å². The molecule has 5 heteroatoms. The fraction of sp³-hybridized carbons (Fsp3) is 0.0833. The Morgan fingerprint density at radius 3 is 2.76 bits per heavy atom. The lowest BCUT2D eigenvalue weighted by molar-refractivity contribution is 0.0474. The Bertz CT molecular complexity index is 539. The number of halogens is 2. The van der Waals surface area contributed by atoms with Gasteiger partial charge in [0, 0.05) is 10.0 Å². The highest BCUT2D eigenvalue weighted by atomic mass is 79.9. The number of thiophene rings is 1. The quantitative estimate of drug-likeness (QED) is 0.800. The van der Waals surface area contributed by atoms with Gasteiger partial charge in [0.25, 0.3) is 0 Å². The van der Waals surface area contributed by atoms with Gasteiger partial charge >= 0.3 is 5.97 Å². The van der Waals surface area contributed by atoms with Crippen LogP contribution in [-0.2, 0) is 11.3 Å². The molecular weight excluding hydrogens is 307 g/mol. The largest absolute Gasteiger partial charge is 0.456 e. The van der Waals surface area contributed by atoms with E-state index in [-0.39, 0.29) is 12.4 Å². The van der Waals surface area contributed by atoms with Crippen molar-refractivity contribution in [3.8, 4) is 0 Å². The maximum atomic E-state index is 13.3. The molecule has 0 spiro atoms. The number of hydrogen-bond donors (Lipinski definition) is 0. The monoisotopic (exact) mass is 314 g/mol. The summed E-state index contributed by atoms with van der Waals surface area (Å²) >= 11 is 4.52. The van der Waals surface area contributed by atoms with Crippen molar-refractivity contribution >= 4 is 33.2 Å². The molecule has 1 aromatic carbocycles. The predicted molar refractivity (Wildman–Crippen MR) is 67.5 cm³/mol. The van der Waals surface area contributed by atoms with Gasteiger partial charge in [0.1, 0.15) is 17.3 Å². The van der Waals surface area contributed by atoms with Crippen LogP contribution in [0.2, 0.25) is 0 Å².